The molecule has 0 unspecified atom stereocenters. The van der Waals surface area contributed by atoms with Crippen LogP contribution in [-0.4, -0.2) is 20.7 Å². The van der Waals surface area contributed by atoms with Gasteiger partial charge in [0.1, 0.15) is 11.5 Å². The van der Waals surface area contributed by atoms with Crippen molar-refractivity contribution in [1.82, 2.24) is 14.8 Å². The number of pyridine rings is 1. The molecule has 1 aliphatic rings. The molecular formula is C12H9BrF3N3. The van der Waals surface area contributed by atoms with Crippen LogP contribution in [0.3, 0.4) is 0 Å². The highest BCUT2D eigenvalue weighted by atomic mass is 79.9. The van der Waals surface area contributed by atoms with Gasteiger partial charge in [-0.05, 0) is 28.1 Å². The molecule has 3 rings (SSSR count). The third-order valence-corrected chi connectivity index (χ3v) is 3.91. The average molecular weight is 332 g/mol. The maximum absolute atomic E-state index is 13.4. The number of nitrogens with zero attached hydrogens (tertiary/aromatic N) is 3. The quantitative estimate of drug-likeness (QED) is 0.801. The number of rotatable bonds is 1. The predicted octanol–water partition coefficient (Wildman–Crippen LogP) is 3.43. The molecular weight excluding hydrogens is 323 g/mol. The predicted molar refractivity (Wildman–Crippen MR) is 66.4 cm³/mol. The molecule has 0 spiro atoms. The zero-order valence-electron chi connectivity index (χ0n) is 9.71. The van der Waals surface area contributed by atoms with E-state index < -0.39 is 11.7 Å². The minimum absolute atomic E-state index is 0.169. The Balaban J connectivity index is 2.06. The third kappa shape index (κ3) is 2.27. The van der Waals surface area contributed by atoms with E-state index in [2.05, 4.69) is 26.0 Å². The number of aryl methyl sites for hydroxylation is 1. The van der Waals surface area contributed by atoms with Crippen molar-refractivity contribution in [3.8, 4) is 11.4 Å². The lowest BCUT2D eigenvalue weighted by atomic mass is 10.1. The first-order valence-electron chi connectivity index (χ1n) is 5.71. The Morgan fingerprint density at radius 1 is 1.32 bits per heavy atom. The van der Waals surface area contributed by atoms with Crippen LogP contribution in [0.4, 0.5) is 13.2 Å². The van der Waals surface area contributed by atoms with Gasteiger partial charge in [0.15, 0.2) is 0 Å². The van der Waals surface area contributed by atoms with Gasteiger partial charge in [0.05, 0.1) is 28.5 Å². The topological polar surface area (TPSA) is 30.7 Å². The van der Waals surface area contributed by atoms with Gasteiger partial charge in [-0.15, -0.1) is 0 Å². The van der Waals surface area contributed by atoms with Gasteiger partial charge in [-0.2, -0.15) is 5.10 Å². The SMILES string of the molecule is Fc1ccc(-c2nn3c(c2Br)CC(F)(F)CC3)nc1. The van der Waals surface area contributed by atoms with Gasteiger partial charge in [-0.3, -0.25) is 9.67 Å². The molecule has 0 fully saturated rings. The second-order valence-electron chi connectivity index (χ2n) is 4.48. The van der Waals surface area contributed by atoms with E-state index in [9.17, 15) is 13.2 Å². The van der Waals surface area contributed by atoms with Crippen LogP contribution in [-0.2, 0) is 13.0 Å². The summed E-state index contributed by atoms with van der Waals surface area (Å²) in [5, 5.41) is 4.27. The summed E-state index contributed by atoms with van der Waals surface area (Å²) >= 11 is 3.29. The Morgan fingerprint density at radius 2 is 2.11 bits per heavy atom. The van der Waals surface area contributed by atoms with Crippen molar-refractivity contribution in [1.29, 1.82) is 0 Å². The first kappa shape index (κ1) is 12.7. The van der Waals surface area contributed by atoms with Gasteiger partial charge < -0.3 is 0 Å². The summed E-state index contributed by atoms with van der Waals surface area (Å²) < 4.78 is 41.7. The van der Waals surface area contributed by atoms with Crippen molar-refractivity contribution in [2.45, 2.75) is 25.3 Å². The van der Waals surface area contributed by atoms with Crippen LogP contribution < -0.4 is 0 Å². The fourth-order valence-corrected chi connectivity index (χ4v) is 2.74. The van der Waals surface area contributed by atoms with E-state index in [1.165, 1.54) is 12.1 Å². The van der Waals surface area contributed by atoms with E-state index in [4.69, 9.17) is 0 Å². The molecule has 7 heteroatoms. The molecule has 0 amide bonds. The van der Waals surface area contributed by atoms with E-state index in [1.54, 1.807) is 4.68 Å². The molecule has 0 aromatic carbocycles. The maximum Gasteiger partial charge on any atom is 0.255 e. The van der Waals surface area contributed by atoms with Crippen LogP contribution in [0.25, 0.3) is 11.4 Å². The summed E-state index contributed by atoms with van der Waals surface area (Å²) in [4.78, 5) is 3.92. The average Bonchev–Trinajstić information content (AvgIpc) is 2.67. The molecule has 3 heterocycles. The van der Waals surface area contributed by atoms with Gasteiger partial charge in [-0.1, -0.05) is 0 Å². The largest absolute Gasteiger partial charge is 0.267 e. The molecule has 0 saturated carbocycles. The van der Waals surface area contributed by atoms with E-state index in [0.29, 0.717) is 21.6 Å². The van der Waals surface area contributed by atoms with Gasteiger partial charge in [0.25, 0.3) is 5.92 Å². The summed E-state index contributed by atoms with van der Waals surface area (Å²) in [6.45, 7) is 0.169. The monoisotopic (exact) mass is 331 g/mol. The van der Waals surface area contributed by atoms with Crippen LogP contribution in [0, 0.1) is 5.82 Å². The van der Waals surface area contributed by atoms with Gasteiger partial charge in [0.2, 0.25) is 0 Å². The third-order valence-electron chi connectivity index (χ3n) is 3.08. The van der Waals surface area contributed by atoms with Crippen LogP contribution in [0.15, 0.2) is 22.8 Å². The molecule has 2 aromatic rings. The fraction of sp³-hybridized carbons (Fsp3) is 0.333. The zero-order chi connectivity index (χ0) is 13.6. The molecule has 19 heavy (non-hydrogen) atoms. The molecule has 0 radical (unpaired) electrons. The summed E-state index contributed by atoms with van der Waals surface area (Å²) in [5.74, 6) is -3.15. The highest BCUT2D eigenvalue weighted by Gasteiger charge is 2.37. The minimum atomic E-state index is -2.70. The van der Waals surface area contributed by atoms with Crippen LogP contribution >= 0.6 is 15.9 Å². The number of halogens is 4. The summed E-state index contributed by atoms with van der Waals surface area (Å²) in [6, 6.07) is 2.74. The normalized spacial score (nSPS) is 17.3. The summed E-state index contributed by atoms with van der Waals surface area (Å²) in [6.07, 6.45) is 0.515. The van der Waals surface area contributed by atoms with E-state index in [-0.39, 0.29) is 19.4 Å². The number of fused-ring (bicyclic) bond motifs is 1. The van der Waals surface area contributed by atoms with Crippen molar-refractivity contribution < 1.29 is 13.2 Å². The Morgan fingerprint density at radius 3 is 2.79 bits per heavy atom. The number of hydrogen-bond donors (Lipinski definition) is 0. The van der Waals surface area contributed by atoms with Crippen LogP contribution in [0.2, 0.25) is 0 Å². The number of hydrogen-bond acceptors (Lipinski definition) is 2. The van der Waals surface area contributed by atoms with E-state index >= 15 is 0 Å². The van der Waals surface area contributed by atoms with Crippen molar-refractivity contribution in [2.75, 3.05) is 0 Å². The fourth-order valence-electron chi connectivity index (χ4n) is 2.11. The van der Waals surface area contributed by atoms with Gasteiger partial charge in [0, 0.05) is 13.0 Å². The van der Waals surface area contributed by atoms with Crippen molar-refractivity contribution in [3.63, 3.8) is 0 Å². The van der Waals surface area contributed by atoms with Crippen molar-refractivity contribution in [3.05, 3.63) is 34.3 Å². The molecule has 0 aliphatic carbocycles. The molecule has 100 valence electrons. The lowest BCUT2D eigenvalue weighted by Crippen LogP contribution is -2.29. The van der Waals surface area contributed by atoms with Crippen LogP contribution in [0.5, 0.6) is 0 Å². The summed E-state index contributed by atoms with van der Waals surface area (Å²) in [7, 11) is 0. The molecule has 1 aliphatic heterocycles. The maximum atomic E-state index is 13.4. The summed E-state index contributed by atoms with van der Waals surface area (Å²) in [5.41, 5.74) is 1.38. The van der Waals surface area contributed by atoms with Crippen LogP contribution in [0.1, 0.15) is 12.1 Å². The molecule has 2 aromatic heterocycles. The van der Waals surface area contributed by atoms with Crippen molar-refractivity contribution >= 4 is 15.9 Å². The standard InChI is InChI=1S/C12H9BrF3N3/c13-10-9-5-12(15,16)3-4-19(9)18-11(10)8-2-1-7(14)6-17-8/h1-2,6H,3-5H2. The highest BCUT2D eigenvalue weighted by molar-refractivity contribution is 9.10. The lowest BCUT2D eigenvalue weighted by Gasteiger charge is -2.22. The lowest BCUT2D eigenvalue weighted by molar-refractivity contribution is -0.0245. The second-order valence-corrected chi connectivity index (χ2v) is 5.27. The van der Waals surface area contributed by atoms with Gasteiger partial charge in [-0.25, -0.2) is 13.2 Å². The molecule has 0 N–H and O–H groups in total. The van der Waals surface area contributed by atoms with E-state index in [1.807, 2.05) is 0 Å². The first-order valence-corrected chi connectivity index (χ1v) is 6.50. The van der Waals surface area contributed by atoms with Crippen molar-refractivity contribution in [2.24, 2.45) is 0 Å². The molecule has 3 nitrogen and oxygen atoms in total. The smallest absolute Gasteiger partial charge is 0.255 e. The Hall–Kier alpha value is -1.37. The minimum Gasteiger partial charge on any atom is -0.267 e. The highest BCUT2D eigenvalue weighted by Crippen LogP contribution is 2.37. The van der Waals surface area contributed by atoms with Gasteiger partial charge >= 0.3 is 0 Å². The second kappa shape index (κ2) is 4.33. The molecule has 0 atom stereocenters. The number of alkyl halides is 2. The first-order chi connectivity index (χ1) is 8.96. The Kier molecular flexibility index (Phi) is 2.88. The Labute approximate surface area is 115 Å². The number of aromatic nitrogens is 3. The zero-order valence-corrected chi connectivity index (χ0v) is 11.3. The molecule has 0 bridgehead atoms. The molecule has 0 saturated heterocycles. The Bertz CT molecular complexity index is 622. The van der Waals surface area contributed by atoms with E-state index in [0.717, 1.165) is 6.20 Å².